The van der Waals surface area contributed by atoms with Crippen LogP contribution in [0.2, 0.25) is 0 Å². The van der Waals surface area contributed by atoms with E-state index < -0.39 is 22.4 Å². The first-order chi connectivity index (χ1) is 16.7. The van der Waals surface area contributed by atoms with Gasteiger partial charge in [-0.05, 0) is 42.7 Å². The van der Waals surface area contributed by atoms with Crippen LogP contribution < -0.4 is 10.2 Å². The van der Waals surface area contributed by atoms with Crippen molar-refractivity contribution in [2.75, 3.05) is 49.6 Å². The van der Waals surface area contributed by atoms with Crippen LogP contribution in [0.1, 0.15) is 24.0 Å². The number of ether oxygens (including phenoxy) is 1. The molecule has 188 valence electrons. The summed E-state index contributed by atoms with van der Waals surface area (Å²) in [6, 6.07) is 10.3. The number of nitrogens with one attached hydrogen (secondary N) is 1. The molecule has 0 bridgehead atoms. The Morgan fingerprint density at radius 1 is 1.06 bits per heavy atom. The molecule has 1 N–H and O–H groups in total. The number of halogens is 3. The van der Waals surface area contributed by atoms with Gasteiger partial charge in [0.2, 0.25) is 5.91 Å². The number of carbonyl (C=O) groups is 1. The summed E-state index contributed by atoms with van der Waals surface area (Å²) in [6.45, 7) is 4.76. The first-order valence-electron chi connectivity index (χ1n) is 11.5. The minimum atomic E-state index is -4.66. The van der Waals surface area contributed by atoms with Gasteiger partial charge in [0.25, 0.3) is 5.69 Å². The first kappa shape index (κ1) is 24.9. The van der Waals surface area contributed by atoms with Crippen LogP contribution >= 0.6 is 0 Å². The van der Waals surface area contributed by atoms with E-state index in [0.717, 1.165) is 50.5 Å². The van der Waals surface area contributed by atoms with Crippen molar-refractivity contribution in [3.63, 3.8) is 0 Å². The Kier molecular flexibility index (Phi) is 7.56. The molecule has 0 spiro atoms. The van der Waals surface area contributed by atoms with E-state index in [2.05, 4.69) is 10.2 Å². The Bertz CT molecular complexity index is 1050. The van der Waals surface area contributed by atoms with Crippen LogP contribution in [-0.4, -0.2) is 55.1 Å². The van der Waals surface area contributed by atoms with E-state index in [1.807, 2.05) is 24.3 Å². The van der Waals surface area contributed by atoms with Gasteiger partial charge in [-0.1, -0.05) is 12.1 Å². The third-order valence-electron chi connectivity index (χ3n) is 6.44. The van der Waals surface area contributed by atoms with Gasteiger partial charge in [-0.2, -0.15) is 13.2 Å². The zero-order valence-electron chi connectivity index (χ0n) is 19.1. The quantitative estimate of drug-likeness (QED) is 0.478. The fourth-order valence-corrected chi connectivity index (χ4v) is 4.45. The number of carbonyl (C=O) groups excluding carboxylic acids is 1. The van der Waals surface area contributed by atoms with Crippen LogP contribution in [0.3, 0.4) is 0 Å². The number of rotatable bonds is 6. The number of amides is 1. The molecule has 11 heteroatoms. The number of nitro benzene ring substituents is 1. The van der Waals surface area contributed by atoms with Crippen molar-refractivity contribution in [3.05, 3.63) is 63.7 Å². The van der Waals surface area contributed by atoms with Crippen molar-refractivity contribution in [1.82, 2.24) is 4.90 Å². The molecule has 2 aromatic rings. The minimum absolute atomic E-state index is 0.132. The van der Waals surface area contributed by atoms with Crippen molar-refractivity contribution in [2.45, 2.75) is 25.6 Å². The number of hydrogen-bond donors (Lipinski definition) is 1. The molecular formula is C24H27F3N4O4. The standard InChI is InChI=1S/C24H27F3N4O4/c25-24(26,27)19-3-6-21(22(15-19)31(33)34)30-9-7-18(8-10-30)23(32)28-20-4-1-17(2-5-20)16-29-11-13-35-14-12-29/h1-6,15,18H,7-14,16H2,(H,28,32). The Labute approximate surface area is 200 Å². The van der Waals surface area contributed by atoms with Gasteiger partial charge in [0.15, 0.2) is 0 Å². The number of nitrogens with zero attached hydrogens (tertiary/aromatic N) is 3. The van der Waals surface area contributed by atoms with Crippen molar-refractivity contribution in [3.8, 4) is 0 Å². The highest BCUT2D eigenvalue weighted by molar-refractivity contribution is 5.92. The number of nitro groups is 1. The lowest BCUT2D eigenvalue weighted by molar-refractivity contribution is -0.384. The van der Waals surface area contributed by atoms with Gasteiger partial charge in [0.05, 0.1) is 23.7 Å². The van der Waals surface area contributed by atoms with Crippen LogP contribution in [0, 0.1) is 16.0 Å². The second kappa shape index (κ2) is 10.6. The third kappa shape index (κ3) is 6.29. The summed E-state index contributed by atoms with van der Waals surface area (Å²) in [5, 5.41) is 14.3. The summed E-state index contributed by atoms with van der Waals surface area (Å²) in [7, 11) is 0. The summed E-state index contributed by atoms with van der Waals surface area (Å²) in [4.78, 5) is 27.3. The number of hydrogen-bond acceptors (Lipinski definition) is 6. The van der Waals surface area contributed by atoms with Crippen molar-refractivity contribution in [2.24, 2.45) is 5.92 Å². The smallest absolute Gasteiger partial charge is 0.379 e. The monoisotopic (exact) mass is 492 g/mol. The Balaban J connectivity index is 1.32. The van der Waals surface area contributed by atoms with Gasteiger partial charge in [0, 0.05) is 50.4 Å². The lowest BCUT2D eigenvalue weighted by Crippen LogP contribution is -2.38. The van der Waals surface area contributed by atoms with Gasteiger partial charge in [-0.15, -0.1) is 0 Å². The molecule has 0 radical (unpaired) electrons. The van der Waals surface area contributed by atoms with E-state index in [4.69, 9.17) is 4.74 Å². The maximum absolute atomic E-state index is 13.0. The molecule has 35 heavy (non-hydrogen) atoms. The molecule has 0 unspecified atom stereocenters. The largest absolute Gasteiger partial charge is 0.416 e. The van der Waals surface area contributed by atoms with Crippen molar-refractivity contribution >= 4 is 23.0 Å². The molecule has 0 aromatic heterocycles. The number of morpholine rings is 1. The molecule has 0 atom stereocenters. The Morgan fingerprint density at radius 2 is 1.71 bits per heavy atom. The van der Waals surface area contributed by atoms with Crippen molar-refractivity contribution in [1.29, 1.82) is 0 Å². The molecule has 2 heterocycles. The fourth-order valence-electron chi connectivity index (χ4n) is 4.45. The van der Waals surface area contributed by atoms with E-state index in [1.54, 1.807) is 4.90 Å². The van der Waals surface area contributed by atoms with Gasteiger partial charge in [0.1, 0.15) is 5.69 Å². The summed E-state index contributed by atoms with van der Waals surface area (Å²) < 4.78 is 44.3. The summed E-state index contributed by atoms with van der Waals surface area (Å²) in [5.74, 6) is -0.416. The molecular weight excluding hydrogens is 465 g/mol. The summed E-state index contributed by atoms with van der Waals surface area (Å²) >= 11 is 0. The number of alkyl halides is 3. The second-order valence-corrected chi connectivity index (χ2v) is 8.79. The SMILES string of the molecule is O=C(Nc1ccc(CN2CCOCC2)cc1)C1CCN(c2ccc(C(F)(F)F)cc2[N+](=O)[O-])CC1. The average molecular weight is 492 g/mol. The topological polar surface area (TPSA) is 88.0 Å². The zero-order valence-corrected chi connectivity index (χ0v) is 19.1. The molecule has 2 aliphatic rings. The van der Waals surface area contributed by atoms with Gasteiger partial charge in [-0.3, -0.25) is 19.8 Å². The lowest BCUT2D eigenvalue weighted by atomic mass is 9.95. The second-order valence-electron chi connectivity index (χ2n) is 8.79. The number of benzene rings is 2. The van der Waals surface area contributed by atoms with E-state index in [9.17, 15) is 28.1 Å². The minimum Gasteiger partial charge on any atom is -0.379 e. The average Bonchev–Trinajstić information content (AvgIpc) is 2.85. The van der Waals surface area contributed by atoms with Gasteiger partial charge >= 0.3 is 6.18 Å². The molecule has 0 aliphatic carbocycles. The molecule has 2 fully saturated rings. The normalized spacial score (nSPS) is 17.9. The Morgan fingerprint density at radius 3 is 2.31 bits per heavy atom. The van der Waals surface area contributed by atoms with Gasteiger partial charge < -0.3 is 15.0 Å². The Hall–Kier alpha value is -3.18. The van der Waals surface area contributed by atoms with E-state index in [0.29, 0.717) is 37.7 Å². The van der Waals surface area contributed by atoms with E-state index >= 15 is 0 Å². The molecule has 1 amide bonds. The molecule has 2 aliphatic heterocycles. The molecule has 0 saturated carbocycles. The maximum Gasteiger partial charge on any atom is 0.416 e. The molecule has 8 nitrogen and oxygen atoms in total. The highest BCUT2D eigenvalue weighted by atomic mass is 19.4. The van der Waals surface area contributed by atoms with Crippen LogP contribution in [-0.2, 0) is 22.3 Å². The summed E-state index contributed by atoms with van der Waals surface area (Å²) in [5.41, 5.74) is 0.341. The zero-order chi connectivity index (χ0) is 25.0. The fraction of sp³-hybridized carbons (Fsp3) is 0.458. The third-order valence-corrected chi connectivity index (χ3v) is 6.44. The summed E-state index contributed by atoms with van der Waals surface area (Å²) in [6.07, 6.45) is -3.77. The van der Waals surface area contributed by atoms with Crippen LogP contribution in [0.4, 0.5) is 30.2 Å². The van der Waals surface area contributed by atoms with Crippen molar-refractivity contribution < 1.29 is 27.6 Å². The lowest BCUT2D eigenvalue weighted by Gasteiger charge is -2.32. The highest BCUT2D eigenvalue weighted by Crippen LogP contribution is 2.37. The van der Waals surface area contributed by atoms with E-state index in [-0.39, 0.29) is 17.5 Å². The maximum atomic E-state index is 13.0. The number of piperidine rings is 1. The predicted molar refractivity (Wildman–Crippen MR) is 124 cm³/mol. The van der Waals surface area contributed by atoms with E-state index in [1.165, 1.54) is 0 Å². The molecule has 2 saturated heterocycles. The van der Waals surface area contributed by atoms with Gasteiger partial charge in [-0.25, -0.2) is 0 Å². The van der Waals surface area contributed by atoms with Crippen LogP contribution in [0.5, 0.6) is 0 Å². The van der Waals surface area contributed by atoms with Crippen LogP contribution in [0.15, 0.2) is 42.5 Å². The highest BCUT2D eigenvalue weighted by Gasteiger charge is 2.35. The molecule has 2 aromatic carbocycles. The first-order valence-corrected chi connectivity index (χ1v) is 11.5. The molecule has 4 rings (SSSR count). The van der Waals surface area contributed by atoms with Crippen LogP contribution in [0.25, 0.3) is 0 Å². The number of anilines is 2. The predicted octanol–water partition coefficient (Wildman–Crippen LogP) is 4.30.